The largest absolute Gasteiger partial charge is 0.208 e. The summed E-state index contributed by atoms with van der Waals surface area (Å²) >= 11 is 0. The topological polar surface area (TPSA) is 77.3 Å². The van der Waals surface area contributed by atoms with Crippen LogP contribution in [-0.2, 0) is 5.41 Å². The highest BCUT2D eigenvalue weighted by Crippen LogP contribution is 2.59. The lowest BCUT2D eigenvalue weighted by molar-refractivity contribution is 0.767. The van der Waals surface area contributed by atoms with Crippen LogP contribution in [-0.4, -0.2) is 29.9 Å². The Morgan fingerprint density at radius 1 is 0.261 bits per heavy atom. The van der Waals surface area contributed by atoms with Crippen molar-refractivity contribution in [1.29, 1.82) is 0 Å². The predicted octanol–water partition coefficient (Wildman–Crippen LogP) is 14.7. The molecule has 69 heavy (non-hydrogen) atoms. The minimum absolute atomic E-state index is 0.606. The molecular formula is C63H44N6. The molecule has 11 aromatic rings. The molecule has 0 amide bonds. The van der Waals surface area contributed by atoms with Gasteiger partial charge in [-0.2, -0.15) is 0 Å². The van der Waals surface area contributed by atoms with Gasteiger partial charge in [-0.1, -0.05) is 230 Å². The van der Waals surface area contributed by atoms with Crippen LogP contribution in [0, 0.1) is 13.8 Å². The molecular weight excluding hydrogens is 841 g/mol. The van der Waals surface area contributed by atoms with Crippen molar-refractivity contribution in [3.8, 4) is 90.6 Å². The zero-order chi connectivity index (χ0) is 46.3. The molecule has 6 nitrogen and oxygen atoms in total. The van der Waals surface area contributed by atoms with Gasteiger partial charge < -0.3 is 0 Å². The molecule has 1 aliphatic carbocycles. The molecule has 0 unspecified atom stereocenters. The summed E-state index contributed by atoms with van der Waals surface area (Å²) in [6.07, 6.45) is 0. The lowest BCUT2D eigenvalue weighted by Gasteiger charge is -2.34. The zero-order valence-corrected chi connectivity index (χ0v) is 38.1. The molecule has 0 atom stereocenters. The second-order valence-electron chi connectivity index (χ2n) is 17.6. The average molecular weight is 885 g/mol. The predicted molar refractivity (Wildman–Crippen MR) is 278 cm³/mol. The smallest absolute Gasteiger partial charge is 0.164 e. The molecule has 2 heterocycles. The van der Waals surface area contributed by atoms with E-state index in [0.717, 1.165) is 55.6 Å². The fourth-order valence-corrected chi connectivity index (χ4v) is 9.84. The van der Waals surface area contributed by atoms with Crippen LogP contribution in [0.1, 0.15) is 33.4 Å². The highest BCUT2D eigenvalue weighted by atomic mass is 15.0. The number of fused-ring (bicyclic) bond motifs is 3. The van der Waals surface area contributed by atoms with E-state index < -0.39 is 5.41 Å². The van der Waals surface area contributed by atoms with Gasteiger partial charge in [0.25, 0.3) is 0 Å². The summed E-state index contributed by atoms with van der Waals surface area (Å²) in [6, 6.07) is 80.8. The van der Waals surface area contributed by atoms with E-state index in [2.05, 4.69) is 147 Å². The van der Waals surface area contributed by atoms with Crippen molar-refractivity contribution in [1.82, 2.24) is 29.9 Å². The minimum atomic E-state index is -0.660. The Kier molecular flexibility index (Phi) is 10.4. The van der Waals surface area contributed by atoms with Gasteiger partial charge in [0.05, 0.1) is 5.41 Å². The molecule has 0 saturated heterocycles. The fraction of sp³-hybridized carbons (Fsp3) is 0.0476. The molecule has 0 radical (unpaired) electrons. The number of hydrogen-bond acceptors (Lipinski definition) is 6. The lowest BCUT2D eigenvalue weighted by Crippen LogP contribution is -2.28. The molecule has 0 fully saturated rings. The van der Waals surface area contributed by atoms with Gasteiger partial charge in [0.15, 0.2) is 34.9 Å². The van der Waals surface area contributed by atoms with E-state index in [4.69, 9.17) is 29.9 Å². The van der Waals surface area contributed by atoms with E-state index in [1.54, 1.807) is 0 Å². The lowest BCUT2D eigenvalue weighted by atomic mass is 9.67. The third-order valence-corrected chi connectivity index (χ3v) is 13.2. The molecule has 0 bridgehead atoms. The van der Waals surface area contributed by atoms with Gasteiger partial charge in [-0.25, -0.2) is 29.9 Å². The first-order valence-electron chi connectivity index (χ1n) is 23.3. The SMILES string of the molecule is Cc1ccc(C2(c3ccc(C)cc3)c3ccc(-c4cccc(-c5nc(-c6ccccc6)nc(-c6ccccc6)n5)c4)cc3-c3c(-c4nc(-c5ccccc5)nc(-c5ccccc5)n4)cccc32)cc1. The van der Waals surface area contributed by atoms with E-state index in [1.807, 2.05) is 97.1 Å². The first-order valence-corrected chi connectivity index (χ1v) is 23.3. The Hall–Kier alpha value is -9.00. The van der Waals surface area contributed by atoms with Gasteiger partial charge in [0.1, 0.15) is 0 Å². The molecule has 9 aromatic carbocycles. The Labute approximate surface area is 401 Å². The monoisotopic (exact) mass is 884 g/mol. The van der Waals surface area contributed by atoms with Crippen molar-refractivity contribution in [3.63, 3.8) is 0 Å². The van der Waals surface area contributed by atoms with Crippen molar-refractivity contribution in [3.05, 3.63) is 264 Å². The van der Waals surface area contributed by atoms with Crippen LogP contribution < -0.4 is 0 Å². The van der Waals surface area contributed by atoms with Gasteiger partial charge in [0.2, 0.25) is 0 Å². The zero-order valence-electron chi connectivity index (χ0n) is 38.1. The van der Waals surface area contributed by atoms with Gasteiger partial charge in [-0.3, -0.25) is 0 Å². The molecule has 6 heteroatoms. The third kappa shape index (κ3) is 7.49. The van der Waals surface area contributed by atoms with E-state index in [-0.39, 0.29) is 0 Å². The maximum Gasteiger partial charge on any atom is 0.164 e. The van der Waals surface area contributed by atoms with Crippen LogP contribution in [0.5, 0.6) is 0 Å². The summed E-state index contributed by atoms with van der Waals surface area (Å²) in [5.41, 5.74) is 16.3. The van der Waals surface area contributed by atoms with Crippen molar-refractivity contribution in [2.24, 2.45) is 0 Å². The number of hydrogen-bond donors (Lipinski definition) is 0. The quantitative estimate of drug-likeness (QED) is 0.144. The maximum absolute atomic E-state index is 5.31. The molecule has 2 aromatic heterocycles. The Balaban J connectivity index is 1.09. The number of benzene rings is 9. The number of rotatable bonds is 9. The first kappa shape index (κ1) is 41.4. The molecule has 12 rings (SSSR count). The first-order chi connectivity index (χ1) is 34.0. The van der Waals surface area contributed by atoms with Gasteiger partial charge in [-0.15, -0.1) is 0 Å². The normalized spacial score (nSPS) is 12.3. The number of nitrogens with zero attached hydrogens (tertiary/aromatic N) is 6. The standard InChI is InChI=1S/C63H44N6/c1-41-29-34-50(35-30-41)63(51-36-31-42(2)32-37-51)54-38-33-48(47-25-15-26-49(39-47)61-66-57(43-17-7-3-8-18-43)64-58(67-61)44-19-9-4-10-20-44)40-53(54)56-52(27-16-28-55(56)63)62-68-59(45-21-11-5-12-22-45)65-60(69-62)46-23-13-6-14-24-46/h3-40H,1-2H3. The second kappa shape index (κ2) is 17.3. The van der Waals surface area contributed by atoms with Gasteiger partial charge in [-0.05, 0) is 70.5 Å². The summed E-state index contributed by atoms with van der Waals surface area (Å²) in [6.45, 7) is 4.30. The van der Waals surface area contributed by atoms with E-state index in [9.17, 15) is 0 Å². The van der Waals surface area contributed by atoms with Gasteiger partial charge >= 0.3 is 0 Å². The molecule has 0 spiro atoms. The average Bonchev–Trinajstić information content (AvgIpc) is 3.72. The van der Waals surface area contributed by atoms with Crippen molar-refractivity contribution in [2.45, 2.75) is 19.3 Å². The molecule has 0 aliphatic heterocycles. The Bertz CT molecular complexity index is 3490. The van der Waals surface area contributed by atoms with Crippen molar-refractivity contribution < 1.29 is 0 Å². The van der Waals surface area contributed by atoms with Gasteiger partial charge in [0, 0.05) is 33.4 Å². The molecule has 1 aliphatic rings. The summed E-state index contributed by atoms with van der Waals surface area (Å²) in [7, 11) is 0. The Morgan fingerprint density at radius 3 is 1.10 bits per heavy atom. The Morgan fingerprint density at radius 2 is 0.638 bits per heavy atom. The van der Waals surface area contributed by atoms with E-state index >= 15 is 0 Å². The fourth-order valence-electron chi connectivity index (χ4n) is 9.84. The molecule has 326 valence electrons. The maximum atomic E-state index is 5.31. The summed E-state index contributed by atoms with van der Waals surface area (Å²) < 4.78 is 0. The minimum Gasteiger partial charge on any atom is -0.208 e. The molecule has 0 N–H and O–H groups in total. The number of aryl methyl sites for hydroxylation is 2. The van der Waals surface area contributed by atoms with E-state index in [0.29, 0.717) is 34.9 Å². The van der Waals surface area contributed by atoms with Crippen LogP contribution in [0.4, 0.5) is 0 Å². The van der Waals surface area contributed by atoms with Crippen LogP contribution in [0.3, 0.4) is 0 Å². The highest BCUT2D eigenvalue weighted by molar-refractivity contribution is 5.96. The highest BCUT2D eigenvalue weighted by Gasteiger charge is 2.47. The summed E-state index contributed by atoms with van der Waals surface area (Å²) in [5.74, 6) is 3.70. The van der Waals surface area contributed by atoms with Crippen LogP contribution in [0.2, 0.25) is 0 Å². The van der Waals surface area contributed by atoms with Crippen LogP contribution in [0.25, 0.3) is 90.6 Å². The second-order valence-corrected chi connectivity index (χ2v) is 17.6. The van der Waals surface area contributed by atoms with Crippen LogP contribution in [0.15, 0.2) is 231 Å². The number of aromatic nitrogens is 6. The van der Waals surface area contributed by atoms with E-state index in [1.165, 1.54) is 33.4 Å². The van der Waals surface area contributed by atoms with Crippen molar-refractivity contribution in [2.75, 3.05) is 0 Å². The van der Waals surface area contributed by atoms with Crippen molar-refractivity contribution >= 4 is 0 Å². The summed E-state index contributed by atoms with van der Waals surface area (Å²) in [4.78, 5) is 30.8. The van der Waals surface area contributed by atoms with Crippen LogP contribution >= 0.6 is 0 Å². The third-order valence-electron chi connectivity index (χ3n) is 13.2. The summed E-state index contributed by atoms with van der Waals surface area (Å²) in [5, 5.41) is 0. The molecule has 0 saturated carbocycles.